The van der Waals surface area contributed by atoms with Crippen LogP contribution in [0.3, 0.4) is 0 Å². The van der Waals surface area contributed by atoms with Crippen molar-refractivity contribution >= 4 is 11.7 Å². The first-order chi connectivity index (χ1) is 8.54. The molecule has 0 saturated heterocycles. The Morgan fingerprint density at radius 1 is 1.56 bits per heavy atom. The summed E-state index contributed by atoms with van der Waals surface area (Å²) in [6, 6.07) is 3.34. The summed E-state index contributed by atoms with van der Waals surface area (Å²) in [5, 5.41) is 23.4. The van der Waals surface area contributed by atoms with Crippen LogP contribution >= 0.6 is 0 Å². The van der Waals surface area contributed by atoms with E-state index in [0.29, 0.717) is 12.2 Å². The van der Waals surface area contributed by atoms with Gasteiger partial charge in [-0.15, -0.1) is 0 Å². The zero-order valence-corrected chi connectivity index (χ0v) is 9.58. The molecule has 1 unspecified atom stereocenters. The van der Waals surface area contributed by atoms with E-state index in [2.05, 4.69) is 15.5 Å². The van der Waals surface area contributed by atoms with Gasteiger partial charge in [-0.05, 0) is 17.7 Å². The van der Waals surface area contributed by atoms with E-state index in [9.17, 15) is 4.79 Å². The standard InChI is InChI=1S/C10H15N5O3/c11-9(15-18)7-3-6(1-2-14-7)4-13-5-8(16)10(12)17/h1-3,8,13,16,18H,4-5H2,(H2,11,15)(H2,12,17). The summed E-state index contributed by atoms with van der Waals surface area (Å²) < 4.78 is 0. The second kappa shape index (κ2) is 6.52. The van der Waals surface area contributed by atoms with Crippen molar-refractivity contribution in [1.29, 1.82) is 0 Å². The molecule has 0 aliphatic heterocycles. The SMILES string of the molecule is NC(=O)C(O)CNCc1ccnc(/C(N)=N/O)c1. The van der Waals surface area contributed by atoms with Crippen molar-refractivity contribution in [2.24, 2.45) is 16.6 Å². The Morgan fingerprint density at radius 2 is 2.28 bits per heavy atom. The molecule has 1 amide bonds. The lowest BCUT2D eigenvalue weighted by Crippen LogP contribution is -2.37. The van der Waals surface area contributed by atoms with Crippen LogP contribution in [0.25, 0.3) is 0 Å². The number of pyridine rings is 1. The Bertz CT molecular complexity index is 449. The predicted octanol–water partition coefficient (Wildman–Crippen LogP) is -1.89. The van der Waals surface area contributed by atoms with Gasteiger partial charge in [-0.2, -0.15) is 0 Å². The van der Waals surface area contributed by atoms with Gasteiger partial charge in [0.2, 0.25) is 5.91 Å². The van der Waals surface area contributed by atoms with Crippen LogP contribution in [-0.4, -0.2) is 39.7 Å². The van der Waals surface area contributed by atoms with Gasteiger partial charge in [0.15, 0.2) is 5.84 Å². The molecule has 0 bridgehead atoms. The van der Waals surface area contributed by atoms with E-state index >= 15 is 0 Å². The summed E-state index contributed by atoms with van der Waals surface area (Å²) in [5.74, 6) is -0.872. The van der Waals surface area contributed by atoms with Gasteiger partial charge in [0.05, 0.1) is 0 Å². The summed E-state index contributed by atoms with van der Waals surface area (Å²) in [4.78, 5) is 14.5. The molecular weight excluding hydrogens is 238 g/mol. The highest BCUT2D eigenvalue weighted by atomic mass is 16.4. The molecule has 0 aliphatic rings. The molecule has 1 heterocycles. The fourth-order valence-corrected chi connectivity index (χ4v) is 1.23. The fourth-order valence-electron chi connectivity index (χ4n) is 1.23. The zero-order valence-electron chi connectivity index (χ0n) is 9.58. The van der Waals surface area contributed by atoms with Crippen LogP contribution in [0.2, 0.25) is 0 Å². The molecule has 7 N–H and O–H groups in total. The molecule has 8 heteroatoms. The van der Waals surface area contributed by atoms with Crippen LogP contribution in [0.5, 0.6) is 0 Å². The number of nitrogens with two attached hydrogens (primary N) is 2. The Morgan fingerprint density at radius 3 is 2.89 bits per heavy atom. The average Bonchev–Trinajstić information content (AvgIpc) is 2.37. The Hall–Kier alpha value is -2.19. The third kappa shape index (κ3) is 4.00. The maximum atomic E-state index is 10.6. The number of primary amides is 1. The van der Waals surface area contributed by atoms with Crippen LogP contribution in [-0.2, 0) is 11.3 Å². The molecule has 18 heavy (non-hydrogen) atoms. The van der Waals surface area contributed by atoms with Gasteiger partial charge in [-0.25, -0.2) is 0 Å². The van der Waals surface area contributed by atoms with Crippen molar-refractivity contribution in [2.45, 2.75) is 12.6 Å². The normalized spacial score (nSPS) is 13.3. The van der Waals surface area contributed by atoms with Gasteiger partial charge < -0.3 is 27.1 Å². The molecule has 0 aliphatic carbocycles. The molecule has 1 atom stereocenters. The number of carbonyl (C=O) groups is 1. The number of amidine groups is 1. The van der Waals surface area contributed by atoms with E-state index in [0.717, 1.165) is 5.56 Å². The molecule has 0 spiro atoms. The minimum absolute atomic E-state index is 0.0521. The molecule has 0 fully saturated rings. The molecule has 1 rings (SSSR count). The van der Waals surface area contributed by atoms with Crippen LogP contribution in [0.15, 0.2) is 23.5 Å². The van der Waals surface area contributed by atoms with Crippen LogP contribution in [0.4, 0.5) is 0 Å². The summed E-state index contributed by atoms with van der Waals surface area (Å²) in [6.45, 7) is 0.440. The third-order valence-corrected chi connectivity index (χ3v) is 2.19. The van der Waals surface area contributed by atoms with Crippen molar-refractivity contribution in [3.8, 4) is 0 Å². The summed E-state index contributed by atoms with van der Waals surface area (Å²) >= 11 is 0. The quantitative estimate of drug-likeness (QED) is 0.173. The number of carbonyl (C=O) groups excluding carboxylic acids is 1. The number of hydrogen-bond donors (Lipinski definition) is 5. The molecular formula is C10H15N5O3. The van der Waals surface area contributed by atoms with Crippen molar-refractivity contribution in [2.75, 3.05) is 6.54 Å². The van der Waals surface area contributed by atoms with Crippen LogP contribution in [0, 0.1) is 0 Å². The minimum Gasteiger partial charge on any atom is -0.409 e. The molecule has 8 nitrogen and oxygen atoms in total. The number of aliphatic hydroxyl groups excluding tert-OH is 1. The lowest BCUT2D eigenvalue weighted by Gasteiger charge is -2.08. The highest BCUT2D eigenvalue weighted by molar-refractivity contribution is 5.95. The first-order valence-electron chi connectivity index (χ1n) is 5.15. The van der Waals surface area contributed by atoms with Gasteiger partial charge in [0.1, 0.15) is 11.8 Å². The number of nitrogens with zero attached hydrogens (tertiary/aromatic N) is 2. The Balaban J connectivity index is 2.55. The van der Waals surface area contributed by atoms with Crippen LogP contribution in [0.1, 0.15) is 11.3 Å². The first-order valence-corrected chi connectivity index (χ1v) is 5.15. The van der Waals surface area contributed by atoms with E-state index < -0.39 is 12.0 Å². The predicted molar refractivity (Wildman–Crippen MR) is 63.7 cm³/mol. The number of amides is 1. The lowest BCUT2D eigenvalue weighted by molar-refractivity contribution is -0.125. The molecule has 0 radical (unpaired) electrons. The zero-order chi connectivity index (χ0) is 13.5. The summed E-state index contributed by atoms with van der Waals surface area (Å²) in [7, 11) is 0. The van der Waals surface area contributed by atoms with Gasteiger partial charge in [-0.1, -0.05) is 5.16 Å². The lowest BCUT2D eigenvalue weighted by atomic mass is 10.2. The second-order valence-electron chi connectivity index (χ2n) is 3.58. The third-order valence-electron chi connectivity index (χ3n) is 2.19. The van der Waals surface area contributed by atoms with E-state index in [1.165, 1.54) is 6.20 Å². The summed E-state index contributed by atoms with van der Waals surface area (Å²) in [6.07, 6.45) is 0.282. The highest BCUT2D eigenvalue weighted by Crippen LogP contribution is 2.01. The van der Waals surface area contributed by atoms with E-state index in [4.69, 9.17) is 21.8 Å². The number of nitrogens with one attached hydrogen (secondary N) is 1. The molecule has 1 aromatic heterocycles. The van der Waals surface area contributed by atoms with Gasteiger partial charge in [0.25, 0.3) is 0 Å². The Labute approximate surface area is 103 Å². The van der Waals surface area contributed by atoms with Crippen molar-refractivity contribution < 1.29 is 15.1 Å². The molecule has 0 saturated carbocycles. The number of hydrogen-bond acceptors (Lipinski definition) is 6. The summed E-state index contributed by atoms with van der Waals surface area (Å²) in [5.41, 5.74) is 11.4. The van der Waals surface area contributed by atoms with Crippen LogP contribution < -0.4 is 16.8 Å². The minimum atomic E-state index is -1.23. The second-order valence-corrected chi connectivity index (χ2v) is 3.58. The number of rotatable bonds is 6. The van der Waals surface area contributed by atoms with Crippen molar-refractivity contribution in [3.05, 3.63) is 29.6 Å². The Kier molecular flexibility index (Phi) is 5.03. The van der Waals surface area contributed by atoms with Crippen molar-refractivity contribution in [3.63, 3.8) is 0 Å². The maximum Gasteiger partial charge on any atom is 0.247 e. The topological polar surface area (TPSA) is 147 Å². The highest BCUT2D eigenvalue weighted by Gasteiger charge is 2.09. The fraction of sp³-hybridized carbons (Fsp3) is 0.300. The molecule has 0 aromatic carbocycles. The van der Waals surface area contributed by atoms with Gasteiger partial charge in [-0.3, -0.25) is 9.78 Å². The van der Waals surface area contributed by atoms with Gasteiger partial charge >= 0.3 is 0 Å². The monoisotopic (exact) mass is 253 g/mol. The average molecular weight is 253 g/mol. The molecule has 98 valence electrons. The van der Waals surface area contributed by atoms with E-state index in [-0.39, 0.29) is 12.4 Å². The number of oxime groups is 1. The van der Waals surface area contributed by atoms with E-state index in [1.807, 2.05) is 0 Å². The first kappa shape index (κ1) is 13.9. The molecule has 1 aromatic rings. The maximum absolute atomic E-state index is 10.6. The largest absolute Gasteiger partial charge is 0.409 e. The number of aromatic nitrogens is 1. The number of aliphatic hydroxyl groups is 1. The van der Waals surface area contributed by atoms with Crippen molar-refractivity contribution in [1.82, 2.24) is 10.3 Å². The smallest absolute Gasteiger partial charge is 0.247 e. The van der Waals surface area contributed by atoms with E-state index in [1.54, 1.807) is 12.1 Å². The van der Waals surface area contributed by atoms with Gasteiger partial charge in [0, 0.05) is 19.3 Å².